The van der Waals surface area contributed by atoms with Gasteiger partial charge in [0.1, 0.15) is 42.3 Å². The number of benzene rings is 1. The molecule has 2 aliphatic heterocycles. The van der Waals surface area contributed by atoms with Gasteiger partial charge in [-0.3, -0.25) is 14.5 Å². The maximum Gasteiger partial charge on any atom is 0.352 e. The molecule has 15 heteroatoms. The Morgan fingerprint density at radius 3 is 2.56 bits per heavy atom. The van der Waals surface area contributed by atoms with Gasteiger partial charge in [-0.2, -0.15) is 0 Å². The average molecular weight is 534 g/mol. The number of ether oxygens (including phenoxy) is 1. The number of carbonyl (C=O) groups is 4. The summed E-state index contributed by atoms with van der Waals surface area (Å²) in [7, 11) is 1.25. The summed E-state index contributed by atoms with van der Waals surface area (Å²) in [5.41, 5.74) is 5.86. The Kier molecular flexibility index (Phi) is 7.12. The van der Waals surface area contributed by atoms with E-state index in [0.29, 0.717) is 11.3 Å². The Morgan fingerprint density at radius 2 is 1.97 bits per heavy atom. The van der Waals surface area contributed by atoms with E-state index in [0.717, 1.165) is 16.2 Å². The molecule has 5 N–H and O–H groups in total. The van der Waals surface area contributed by atoms with Crippen LogP contribution in [0, 0.1) is 0 Å². The van der Waals surface area contributed by atoms with Gasteiger partial charge in [0.25, 0.3) is 11.8 Å². The predicted molar refractivity (Wildman–Crippen MR) is 129 cm³/mol. The van der Waals surface area contributed by atoms with Crippen LogP contribution in [0.2, 0.25) is 0 Å². The van der Waals surface area contributed by atoms with E-state index in [4.69, 9.17) is 20.4 Å². The molecule has 2 amide bonds. The van der Waals surface area contributed by atoms with Gasteiger partial charge in [0.15, 0.2) is 10.8 Å². The summed E-state index contributed by atoms with van der Waals surface area (Å²) in [5, 5.41) is 26.1. The number of β-lactam (4-membered cyclic amide) rings is 1. The minimum Gasteiger partial charge on any atom is -0.489 e. The number of carboxylic acid groups (broad SMARTS) is 2. The molecule has 1 saturated heterocycles. The summed E-state index contributed by atoms with van der Waals surface area (Å²) >= 11 is 2.37. The van der Waals surface area contributed by atoms with Crippen molar-refractivity contribution in [2.75, 3.05) is 25.2 Å². The largest absolute Gasteiger partial charge is 0.489 e. The molecule has 0 saturated carbocycles. The number of aromatic nitrogens is 1. The molecule has 13 nitrogen and oxygen atoms in total. The van der Waals surface area contributed by atoms with E-state index in [1.54, 1.807) is 0 Å². The number of nitrogens with zero attached hydrogens (tertiary/aromatic N) is 3. The number of fused-ring (bicyclic) bond motifs is 1. The molecule has 4 rings (SSSR count). The number of aliphatic carboxylic acids is 1. The summed E-state index contributed by atoms with van der Waals surface area (Å²) in [6.45, 7) is -0.121. The molecule has 1 fully saturated rings. The second kappa shape index (κ2) is 10.2. The van der Waals surface area contributed by atoms with Crippen molar-refractivity contribution in [3.05, 3.63) is 52.2 Å². The van der Waals surface area contributed by atoms with Gasteiger partial charge in [-0.25, -0.2) is 14.6 Å². The number of thioether (sulfide) groups is 1. The topological polar surface area (TPSA) is 194 Å². The first kappa shape index (κ1) is 25.0. The second-order valence-electron chi connectivity index (χ2n) is 7.43. The summed E-state index contributed by atoms with van der Waals surface area (Å²) in [5.74, 6) is -3.13. The molecular weight excluding hydrogens is 514 g/mol. The molecule has 2 aliphatic rings. The number of nitrogens with two attached hydrogens (primary N) is 1. The van der Waals surface area contributed by atoms with Crippen LogP contribution in [-0.4, -0.2) is 80.4 Å². The van der Waals surface area contributed by atoms with Gasteiger partial charge in [-0.15, -0.1) is 23.1 Å². The third kappa shape index (κ3) is 4.83. The monoisotopic (exact) mass is 533 g/mol. The van der Waals surface area contributed by atoms with E-state index < -0.39 is 35.2 Å². The van der Waals surface area contributed by atoms with Crippen LogP contribution in [0.5, 0.6) is 5.75 Å². The van der Waals surface area contributed by atoms with Crippen LogP contribution < -0.4 is 15.8 Å². The molecule has 1 aromatic heterocycles. The van der Waals surface area contributed by atoms with Crippen LogP contribution >= 0.6 is 23.1 Å². The van der Waals surface area contributed by atoms with E-state index in [2.05, 4.69) is 15.5 Å². The van der Waals surface area contributed by atoms with Crippen molar-refractivity contribution < 1.29 is 39.0 Å². The fourth-order valence-electron chi connectivity index (χ4n) is 3.56. The van der Waals surface area contributed by atoms with Gasteiger partial charge in [-0.1, -0.05) is 5.16 Å². The Hall–Kier alpha value is -4.11. The lowest BCUT2D eigenvalue weighted by molar-refractivity contribution is -0.150. The zero-order valence-corrected chi connectivity index (χ0v) is 20.2. The highest BCUT2D eigenvalue weighted by Gasteiger charge is 2.54. The van der Waals surface area contributed by atoms with Crippen molar-refractivity contribution in [1.82, 2.24) is 15.2 Å². The standard InChI is InChI=1S/C21H19N5O8S2/c1-33-25-13(12-8-36-21(22)23-12)16(27)24-14-17(28)26-15(20(31)32)10(7-35-18(14)26)6-34-11-4-2-9(3-5-11)19(29)30/h2-5,8,14,18H,6-7H2,1H3,(H2,22,23)(H,24,27)(H,29,30)(H,31,32)/b25-13-/t14?,18-/m1/s1. The average Bonchev–Trinajstić information content (AvgIpc) is 3.29. The van der Waals surface area contributed by atoms with Crippen LogP contribution in [0.3, 0.4) is 0 Å². The maximum absolute atomic E-state index is 12.9. The first-order chi connectivity index (χ1) is 17.2. The summed E-state index contributed by atoms with van der Waals surface area (Å²) in [4.78, 5) is 58.5. The van der Waals surface area contributed by atoms with Gasteiger partial charge in [0.2, 0.25) is 0 Å². The Morgan fingerprint density at radius 1 is 1.25 bits per heavy atom. The number of oxime groups is 1. The summed E-state index contributed by atoms with van der Waals surface area (Å²) < 4.78 is 5.62. The number of nitrogens with one attached hydrogen (secondary N) is 1. The number of aromatic carboxylic acids is 1. The molecule has 2 atom stereocenters. The molecule has 188 valence electrons. The fraction of sp³-hybridized carbons (Fsp3) is 0.238. The second-order valence-corrected chi connectivity index (χ2v) is 9.42. The quantitative estimate of drug-likeness (QED) is 0.200. The molecule has 2 aromatic rings. The van der Waals surface area contributed by atoms with E-state index >= 15 is 0 Å². The lowest BCUT2D eigenvalue weighted by Crippen LogP contribution is -2.71. The van der Waals surface area contributed by atoms with Crippen LogP contribution in [0.4, 0.5) is 5.13 Å². The van der Waals surface area contributed by atoms with E-state index in [-0.39, 0.29) is 40.2 Å². The molecule has 1 aromatic carbocycles. The van der Waals surface area contributed by atoms with Crippen LogP contribution in [0.25, 0.3) is 0 Å². The number of carboxylic acids is 2. The van der Waals surface area contributed by atoms with Crippen molar-refractivity contribution in [2.45, 2.75) is 11.4 Å². The Labute approximate surface area is 211 Å². The van der Waals surface area contributed by atoms with Gasteiger partial charge in [0.05, 0.1) is 5.56 Å². The van der Waals surface area contributed by atoms with Crippen molar-refractivity contribution in [1.29, 1.82) is 0 Å². The van der Waals surface area contributed by atoms with Gasteiger partial charge >= 0.3 is 11.9 Å². The Bertz CT molecular complexity index is 1290. The van der Waals surface area contributed by atoms with Crippen LogP contribution in [-0.2, 0) is 19.2 Å². The summed E-state index contributed by atoms with van der Waals surface area (Å²) in [6.07, 6.45) is 0. The number of carbonyl (C=O) groups excluding carboxylic acids is 2. The molecule has 0 aliphatic carbocycles. The molecule has 3 heterocycles. The van der Waals surface area contributed by atoms with Crippen molar-refractivity contribution in [3.8, 4) is 5.75 Å². The van der Waals surface area contributed by atoms with E-state index in [1.165, 1.54) is 48.5 Å². The lowest BCUT2D eigenvalue weighted by atomic mass is 10.0. The highest BCUT2D eigenvalue weighted by atomic mass is 32.2. The SMILES string of the molecule is CO/N=C(\C(=O)NC1C(=O)N2C(C(=O)O)=C(COc3ccc(C(=O)O)cc3)CS[C@H]12)c1csc(N)n1. The third-order valence-electron chi connectivity index (χ3n) is 5.21. The van der Waals surface area contributed by atoms with Crippen molar-refractivity contribution >= 4 is 57.7 Å². The molecule has 0 radical (unpaired) electrons. The van der Waals surface area contributed by atoms with Crippen molar-refractivity contribution in [2.24, 2.45) is 5.16 Å². The predicted octanol–water partition coefficient (Wildman–Crippen LogP) is 0.592. The number of thiazole rings is 1. The molecule has 1 unspecified atom stereocenters. The maximum atomic E-state index is 12.9. The first-order valence-electron chi connectivity index (χ1n) is 10.2. The van der Waals surface area contributed by atoms with Gasteiger partial charge in [-0.05, 0) is 24.3 Å². The van der Waals surface area contributed by atoms with Crippen molar-refractivity contribution in [3.63, 3.8) is 0 Å². The Balaban J connectivity index is 1.47. The van der Waals surface area contributed by atoms with Crippen LogP contribution in [0.1, 0.15) is 16.1 Å². The van der Waals surface area contributed by atoms with Crippen LogP contribution in [0.15, 0.2) is 46.1 Å². The number of amides is 2. The van der Waals surface area contributed by atoms with Gasteiger partial charge in [0, 0.05) is 16.7 Å². The number of nitrogen functional groups attached to an aromatic ring is 1. The number of anilines is 1. The van der Waals surface area contributed by atoms with E-state index in [1.807, 2.05) is 0 Å². The molecule has 0 bridgehead atoms. The number of hydrogen-bond acceptors (Lipinski definition) is 11. The zero-order chi connectivity index (χ0) is 26.0. The highest BCUT2D eigenvalue weighted by molar-refractivity contribution is 8.00. The summed E-state index contributed by atoms with van der Waals surface area (Å²) in [6, 6.07) is 4.66. The minimum absolute atomic E-state index is 0.0834. The first-order valence-corrected chi connectivity index (χ1v) is 12.1. The smallest absolute Gasteiger partial charge is 0.352 e. The van der Waals surface area contributed by atoms with E-state index in [9.17, 15) is 24.3 Å². The number of hydrogen-bond donors (Lipinski definition) is 4. The molecular formula is C21H19N5O8S2. The molecule has 0 spiro atoms. The third-order valence-corrected chi connectivity index (χ3v) is 7.23. The van der Waals surface area contributed by atoms with Gasteiger partial charge < -0.3 is 30.8 Å². The zero-order valence-electron chi connectivity index (χ0n) is 18.5. The normalized spacial score (nSPS) is 19.3. The fourth-order valence-corrected chi connectivity index (χ4v) is 5.44. The highest BCUT2D eigenvalue weighted by Crippen LogP contribution is 2.40. The lowest BCUT2D eigenvalue weighted by Gasteiger charge is -2.49. The number of rotatable bonds is 9. The molecule has 36 heavy (non-hydrogen) atoms. The minimum atomic E-state index is -1.31.